The monoisotopic (exact) mass is 663 g/mol. The molecule has 1 N–H and O–H groups in total. The fraction of sp³-hybridized carbons (Fsp3) is 0.639. The number of hydrogen-bond donors (Lipinski definition) is 1. The van der Waals surface area contributed by atoms with Gasteiger partial charge in [-0.15, -0.1) is 11.3 Å². The molecule has 254 valence electrons. The Morgan fingerprint density at radius 1 is 0.979 bits per heavy atom. The Morgan fingerprint density at radius 2 is 1.64 bits per heavy atom. The van der Waals surface area contributed by atoms with Crippen LogP contribution in [0.15, 0.2) is 18.5 Å². The summed E-state index contributed by atoms with van der Waals surface area (Å²) in [5, 5.41) is 10.2. The Hall–Kier alpha value is -3.49. The Balaban J connectivity index is 1.28. The van der Waals surface area contributed by atoms with Crippen LogP contribution in [0.3, 0.4) is 0 Å². The van der Waals surface area contributed by atoms with Crippen LogP contribution in [-0.2, 0) is 4.79 Å². The summed E-state index contributed by atoms with van der Waals surface area (Å²) in [5.74, 6) is 5.76. The minimum absolute atomic E-state index is 0.0235. The molecule has 1 aliphatic heterocycles. The molecule has 0 aromatic carbocycles. The van der Waals surface area contributed by atoms with E-state index >= 15 is 0 Å². The topological polar surface area (TPSA) is 116 Å². The molecule has 2 aromatic rings. The maximum Gasteiger partial charge on any atom is 0.348 e. The lowest BCUT2D eigenvalue weighted by molar-refractivity contribution is -0.124. The molecule has 2 saturated carbocycles. The molecule has 2 aromatic heterocycles. The van der Waals surface area contributed by atoms with Crippen molar-refractivity contribution in [3.63, 3.8) is 0 Å². The van der Waals surface area contributed by atoms with E-state index in [0.29, 0.717) is 66.9 Å². The number of rotatable bonds is 8. The molecule has 0 spiro atoms. The molecule has 11 heteroatoms. The van der Waals surface area contributed by atoms with Crippen molar-refractivity contribution in [1.82, 2.24) is 19.8 Å². The summed E-state index contributed by atoms with van der Waals surface area (Å²) in [7, 11) is 4.06. The molecule has 3 aliphatic rings. The van der Waals surface area contributed by atoms with Gasteiger partial charge in [-0.05, 0) is 105 Å². The standard InChI is InChI=1S/C36H49N5O5S/c1-23-7-9-24(10-8-23)33(43)41(30-19-29(15-17-36(2,3)4)47-31(30)34(44)45)26-11-13-28(14-12-26)46-35-37-20-25(21-38-35)32(42)40-18-16-27(22-40)39(5)6/h19-21,23-24,26-28H,7-14,16,18,22H2,1-6H3,(H,44,45). The van der Waals surface area contributed by atoms with E-state index in [1.54, 1.807) is 11.0 Å². The van der Waals surface area contributed by atoms with E-state index in [4.69, 9.17) is 4.74 Å². The van der Waals surface area contributed by atoms with Crippen molar-refractivity contribution < 1.29 is 24.2 Å². The minimum atomic E-state index is -1.04. The minimum Gasteiger partial charge on any atom is -0.477 e. The van der Waals surface area contributed by atoms with E-state index in [1.165, 1.54) is 12.4 Å². The van der Waals surface area contributed by atoms with E-state index in [9.17, 15) is 19.5 Å². The Morgan fingerprint density at radius 3 is 2.21 bits per heavy atom. The molecule has 1 unspecified atom stereocenters. The van der Waals surface area contributed by atoms with Gasteiger partial charge in [0, 0.05) is 48.9 Å². The maximum atomic E-state index is 14.2. The summed E-state index contributed by atoms with van der Waals surface area (Å²) in [6, 6.07) is 2.24. The third kappa shape index (κ3) is 8.71. The van der Waals surface area contributed by atoms with Crippen LogP contribution in [0.5, 0.6) is 6.01 Å². The molecule has 1 saturated heterocycles. The zero-order valence-electron chi connectivity index (χ0n) is 28.6. The molecule has 5 rings (SSSR count). The summed E-state index contributed by atoms with van der Waals surface area (Å²) < 4.78 is 6.15. The summed E-state index contributed by atoms with van der Waals surface area (Å²) in [6.45, 7) is 9.68. The fourth-order valence-electron chi connectivity index (χ4n) is 6.81. The van der Waals surface area contributed by atoms with Gasteiger partial charge < -0.3 is 24.5 Å². The van der Waals surface area contributed by atoms with Gasteiger partial charge in [-0.2, -0.15) is 0 Å². The van der Waals surface area contributed by atoms with Gasteiger partial charge in [-0.3, -0.25) is 9.59 Å². The van der Waals surface area contributed by atoms with E-state index in [0.717, 1.165) is 43.4 Å². The highest BCUT2D eigenvalue weighted by Crippen LogP contribution is 2.39. The zero-order chi connectivity index (χ0) is 33.9. The third-order valence-corrected chi connectivity index (χ3v) is 10.7. The lowest BCUT2D eigenvalue weighted by atomic mass is 9.81. The summed E-state index contributed by atoms with van der Waals surface area (Å²) in [6.07, 6.45) is 10.2. The van der Waals surface area contributed by atoms with Gasteiger partial charge in [0.25, 0.3) is 5.91 Å². The maximum absolute atomic E-state index is 14.2. The van der Waals surface area contributed by atoms with Crippen LogP contribution in [0, 0.1) is 29.1 Å². The molecule has 0 bridgehead atoms. The fourth-order valence-corrected chi connectivity index (χ4v) is 7.65. The number of amides is 2. The Labute approximate surface area is 282 Å². The van der Waals surface area contributed by atoms with Crippen molar-refractivity contribution in [3.8, 4) is 17.9 Å². The third-order valence-electron chi connectivity index (χ3n) is 9.67. The molecule has 0 radical (unpaired) electrons. The number of anilines is 1. The van der Waals surface area contributed by atoms with E-state index in [2.05, 4.69) is 33.6 Å². The second-order valence-electron chi connectivity index (χ2n) is 14.8. The van der Waals surface area contributed by atoms with Crippen molar-refractivity contribution in [2.24, 2.45) is 17.3 Å². The number of aromatic nitrogens is 2. The molecule has 10 nitrogen and oxygen atoms in total. The number of hydrogen-bond acceptors (Lipinski definition) is 8. The quantitative estimate of drug-likeness (QED) is 0.344. The number of carbonyl (C=O) groups excluding carboxylic acids is 2. The van der Waals surface area contributed by atoms with Crippen LogP contribution < -0.4 is 9.64 Å². The zero-order valence-corrected chi connectivity index (χ0v) is 29.4. The molecular weight excluding hydrogens is 614 g/mol. The number of nitrogens with zero attached hydrogens (tertiary/aromatic N) is 5. The van der Waals surface area contributed by atoms with Crippen molar-refractivity contribution in [2.75, 3.05) is 32.1 Å². The van der Waals surface area contributed by atoms with Gasteiger partial charge in [0.15, 0.2) is 0 Å². The van der Waals surface area contributed by atoms with E-state index in [1.807, 2.05) is 39.8 Å². The van der Waals surface area contributed by atoms with Crippen LogP contribution in [0.1, 0.15) is 110 Å². The number of carboxylic acid groups (broad SMARTS) is 1. The SMILES string of the molecule is CC1CCC(C(=O)N(c2cc(C#CC(C)(C)C)sc2C(=O)O)C2CCC(Oc3ncc(C(=O)N4CCC(N(C)C)C4)cn3)CC2)CC1. The molecule has 2 aliphatic carbocycles. The van der Waals surface area contributed by atoms with Crippen LogP contribution in [0.25, 0.3) is 0 Å². The molecule has 1 atom stereocenters. The average Bonchev–Trinajstić information content (AvgIpc) is 3.70. The smallest absolute Gasteiger partial charge is 0.348 e. The van der Waals surface area contributed by atoms with E-state index < -0.39 is 5.97 Å². The van der Waals surface area contributed by atoms with E-state index in [-0.39, 0.29) is 46.2 Å². The first-order valence-corrected chi connectivity index (χ1v) is 17.8. The first-order chi connectivity index (χ1) is 22.3. The summed E-state index contributed by atoms with van der Waals surface area (Å²) >= 11 is 1.14. The normalized spacial score (nSPS) is 24.8. The first kappa shape index (κ1) is 34.8. The van der Waals surface area contributed by atoms with Crippen LogP contribution >= 0.6 is 11.3 Å². The molecule has 2 amide bonds. The number of ether oxygens (including phenoxy) is 1. The van der Waals surface area contributed by atoms with Crippen molar-refractivity contribution in [1.29, 1.82) is 0 Å². The highest BCUT2D eigenvalue weighted by molar-refractivity contribution is 7.15. The lowest BCUT2D eigenvalue weighted by Crippen LogP contribution is -2.47. The second kappa shape index (κ2) is 14.7. The Kier molecular flexibility index (Phi) is 10.9. The first-order valence-electron chi connectivity index (χ1n) is 17.0. The highest BCUT2D eigenvalue weighted by Gasteiger charge is 2.38. The number of carbonyl (C=O) groups is 3. The molecule has 3 fully saturated rings. The number of likely N-dealkylation sites (N-methyl/N-ethyl adjacent to an activating group) is 1. The van der Waals surface area contributed by atoms with Gasteiger partial charge in [-0.25, -0.2) is 14.8 Å². The van der Waals surface area contributed by atoms with Crippen molar-refractivity contribution in [3.05, 3.63) is 33.8 Å². The van der Waals surface area contributed by atoms with Crippen LogP contribution in [-0.4, -0.2) is 88.0 Å². The lowest BCUT2D eigenvalue weighted by Gasteiger charge is -2.39. The van der Waals surface area contributed by atoms with Gasteiger partial charge in [-0.1, -0.05) is 18.8 Å². The number of likely N-dealkylation sites (tertiary alicyclic amines) is 1. The van der Waals surface area contributed by atoms with Crippen molar-refractivity contribution >= 4 is 34.8 Å². The molecule has 47 heavy (non-hydrogen) atoms. The second-order valence-corrected chi connectivity index (χ2v) is 15.8. The molecular formula is C36H49N5O5S. The Bertz CT molecular complexity index is 1490. The van der Waals surface area contributed by atoms with Crippen LogP contribution in [0.2, 0.25) is 0 Å². The summed E-state index contributed by atoms with van der Waals surface area (Å²) in [4.78, 5) is 55.0. The molecule has 3 heterocycles. The van der Waals surface area contributed by atoms with Crippen molar-refractivity contribution in [2.45, 2.75) is 104 Å². The average molecular weight is 664 g/mol. The van der Waals surface area contributed by atoms with Gasteiger partial charge in [0.2, 0.25) is 5.91 Å². The largest absolute Gasteiger partial charge is 0.477 e. The highest BCUT2D eigenvalue weighted by atomic mass is 32.1. The number of aromatic carboxylic acids is 1. The van der Waals surface area contributed by atoms with Crippen LogP contribution in [0.4, 0.5) is 5.69 Å². The van der Waals surface area contributed by atoms with Gasteiger partial charge in [0.1, 0.15) is 11.0 Å². The number of thiophene rings is 1. The van der Waals surface area contributed by atoms with Gasteiger partial charge >= 0.3 is 12.0 Å². The summed E-state index contributed by atoms with van der Waals surface area (Å²) in [5.41, 5.74) is 0.680. The predicted octanol–water partition coefficient (Wildman–Crippen LogP) is 5.96. The predicted molar refractivity (Wildman–Crippen MR) is 183 cm³/mol. The van der Waals surface area contributed by atoms with Gasteiger partial charge in [0.05, 0.1) is 16.1 Å². The number of carboxylic acids is 1.